The summed E-state index contributed by atoms with van der Waals surface area (Å²) in [7, 11) is 0. The molecule has 2 heterocycles. The van der Waals surface area contributed by atoms with Crippen LogP contribution in [0.4, 0.5) is 24.5 Å². The molecule has 0 atom stereocenters. The van der Waals surface area contributed by atoms with E-state index in [1.807, 2.05) is 41.3 Å². The van der Waals surface area contributed by atoms with Crippen molar-refractivity contribution in [1.82, 2.24) is 4.90 Å². The summed E-state index contributed by atoms with van der Waals surface area (Å²) in [4.78, 5) is 30.7. The molecule has 36 heavy (non-hydrogen) atoms. The molecule has 0 spiro atoms. The average Bonchev–Trinajstić information content (AvgIpc) is 2.90. The second-order valence-corrected chi connectivity index (χ2v) is 8.76. The summed E-state index contributed by atoms with van der Waals surface area (Å²) < 4.78 is 44.6. The Bertz CT molecular complexity index is 1270. The number of benzene rings is 3. The van der Waals surface area contributed by atoms with Crippen LogP contribution >= 0.6 is 0 Å². The van der Waals surface area contributed by atoms with Crippen molar-refractivity contribution in [2.75, 3.05) is 42.6 Å². The SMILES string of the molecule is O=C(c1ccc(CN2C(=O)COc3ccccc32)cc1)N1CCN(c2cccc(C(F)(F)F)c2)CC1. The second kappa shape index (κ2) is 9.56. The van der Waals surface area contributed by atoms with E-state index in [1.165, 1.54) is 6.07 Å². The molecule has 1 saturated heterocycles. The van der Waals surface area contributed by atoms with Gasteiger partial charge in [-0.1, -0.05) is 30.3 Å². The third-order valence-electron chi connectivity index (χ3n) is 6.46. The predicted octanol–water partition coefficient (Wildman–Crippen LogP) is 4.59. The number of anilines is 2. The average molecular weight is 496 g/mol. The molecule has 0 saturated carbocycles. The highest BCUT2D eigenvalue weighted by atomic mass is 19.4. The van der Waals surface area contributed by atoms with Crippen molar-refractivity contribution in [3.8, 4) is 5.75 Å². The topological polar surface area (TPSA) is 53.1 Å². The Kier molecular flexibility index (Phi) is 6.30. The van der Waals surface area contributed by atoms with E-state index in [-0.39, 0.29) is 18.4 Å². The van der Waals surface area contributed by atoms with Gasteiger partial charge in [0.15, 0.2) is 6.61 Å². The monoisotopic (exact) mass is 495 g/mol. The van der Waals surface area contributed by atoms with Crippen LogP contribution in [0.5, 0.6) is 5.75 Å². The number of fused-ring (bicyclic) bond motifs is 1. The molecule has 6 nitrogen and oxygen atoms in total. The highest BCUT2D eigenvalue weighted by molar-refractivity contribution is 5.98. The van der Waals surface area contributed by atoms with Crippen molar-refractivity contribution in [2.24, 2.45) is 0 Å². The molecular weight excluding hydrogens is 471 g/mol. The number of hydrogen-bond donors (Lipinski definition) is 0. The van der Waals surface area contributed by atoms with Crippen molar-refractivity contribution in [1.29, 1.82) is 0 Å². The molecule has 5 rings (SSSR count). The van der Waals surface area contributed by atoms with Gasteiger partial charge in [-0.15, -0.1) is 0 Å². The maximum Gasteiger partial charge on any atom is 0.416 e. The number of alkyl halides is 3. The van der Waals surface area contributed by atoms with Crippen LogP contribution < -0.4 is 14.5 Å². The molecule has 9 heteroatoms. The molecule has 0 N–H and O–H groups in total. The van der Waals surface area contributed by atoms with Gasteiger partial charge < -0.3 is 19.4 Å². The van der Waals surface area contributed by atoms with E-state index in [9.17, 15) is 22.8 Å². The maximum atomic E-state index is 13.0. The van der Waals surface area contributed by atoms with Gasteiger partial charge >= 0.3 is 6.18 Å². The number of piperazine rings is 1. The zero-order valence-electron chi connectivity index (χ0n) is 19.4. The number of rotatable bonds is 4. The number of hydrogen-bond acceptors (Lipinski definition) is 4. The lowest BCUT2D eigenvalue weighted by molar-refractivity contribution is -0.137. The Labute approximate surface area is 206 Å². The molecule has 2 aliphatic rings. The molecule has 2 aliphatic heterocycles. The van der Waals surface area contributed by atoms with E-state index in [4.69, 9.17) is 4.74 Å². The van der Waals surface area contributed by atoms with Crippen LogP contribution in [-0.2, 0) is 17.5 Å². The van der Waals surface area contributed by atoms with Crippen LogP contribution in [0.2, 0.25) is 0 Å². The van der Waals surface area contributed by atoms with Gasteiger partial charge in [0, 0.05) is 37.4 Å². The Hall–Kier alpha value is -4.01. The van der Waals surface area contributed by atoms with Crippen molar-refractivity contribution in [3.63, 3.8) is 0 Å². The van der Waals surface area contributed by atoms with Gasteiger partial charge in [0.25, 0.3) is 11.8 Å². The fourth-order valence-corrected chi connectivity index (χ4v) is 4.49. The number of para-hydroxylation sites is 2. The van der Waals surface area contributed by atoms with Crippen LogP contribution in [0.25, 0.3) is 0 Å². The Balaban J connectivity index is 1.21. The minimum atomic E-state index is -4.39. The normalized spacial score (nSPS) is 16.0. The standard InChI is InChI=1S/C27H24F3N3O3/c28-27(29,30)21-4-3-5-22(16-21)31-12-14-32(15-13-31)26(35)20-10-8-19(9-11-20)17-33-23-6-1-2-7-24(23)36-18-25(33)34/h1-11,16H,12-15,17-18H2. The fraction of sp³-hybridized carbons (Fsp3) is 0.259. The summed E-state index contributed by atoms with van der Waals surface area (Å²) >= 11 is 0. The second-order valence-electron chi connectivity index (χ2n) is 8.76. The zero-order valence-corrected chi connectivity index (χ0v) is 19.4. The van der Waals surface area contributed by atoms with Crippen molar-refractivity contribution in [3.05, 3.63) is 89.5 Å². The number of amides is 2. The summed E-state index contributed by atoms with van der Waals surface area (Å²) in [5, 5.41) is 0. The third-order valence-corrected chi connectivity index (χ3v) is 6.46. The molecule has 0 radical (unpaired) electrons. The molecule has 3 aromatic carbocycles. The number of ether oxygens (including phenoxy) is 1. The summed E-state index contributed by atoms with van der Waals surface area (Å²) in [5.41, 5.74) is 1.94. The number of halogens is 3. The van der Waals surface area contributed by atoms with Crippen LogP contribution in [0.1, 0.15) is 21.5 Å². The Morgan fingerprint density at radius 2 is 1.61 bits per heavy atom. The van der Waals surface area contributed by atoms with Gasteiger partial charge in [-0.05, 0) is 48.0 Å². The number of nitrogens with zero attached hydrogens (tertiary/aromatic N) is 3. The van der Waals surface area contributed by atoms with E-state index in [0.717, 1.165) is 17.7 Å². The van der Waals surface area contributed by atoms with Crippen molar-refractivity contribution in [2.45, 2.75) is 12.7 Å². The number of carbonyl (C=O) groups is 2. The molecule has 0 bridgehead atoms. The number of carbonyl (C=O) groups excluding carboxylic acids is 2. The fourth-order valence-electron chi connectivity index (χ4n) is 4.49. The highest BCUT2D eigenvalue weighted by Gasteiger charge is 2.31. The van der Waals surface area contributed by atoms with E-state index in [0.29, 0.717) is 55.4 Å². The van der Waals surface area contributed by atoms with Gasteiger partial charge in [-0.2, -0.15) is 13.2 Å². The highest BCUT2D eigenvalue weighted by Crippen LogP contribution is 2.33. The van der Waals surface area contributed by atoms with Crippen LogP contribution in [-0.4, -0.2) is 49.5 Å². The Morgan fingerprint density at radius 3 is 2.33 bits per heavy atom. The van der Waals surface area contributed by atoms with Gasteiger partial charge in [-0.3, -0.25) is 9.59 Å². The van der Waals surface area contributed by atoms with E-state index < -0.39 is 11.7 Å². The van der Waals surface area contributed by atoms with Crippen LogP contribution in [0.3, 0.4) is 0 Å². The van der Waals surface area contributed by atoms with Crippen LogP contribution in [0.15, 0.2) is 72.8 Å². The summed E-state index contributed by atoms with van der Waals surface area (Å²) in [5.74, 6) is 0.402. The molecular formula is C27H24F3N3O3. The van der Waals surface area contributed by atoms with Crippen molar-refractivity contribution >= 4 is 23.2 Å². The smallest absolute Gasteiger partial charge is 0.416 e. The van der Waals surface area contributed by atoms with Gasteiger partial charge in [-0.25, -0.2) is 0 Å². The minimum Gasteiger partial charge on any atom is -0.482 e. The molecule has 3 aromatic rings. The third kappa shape index (κ3) is 4.86. The first kappa shape index (κ1) is 23.7. The Morgan fingerprint density at radius 1 is 0.889 bits per heavy atom. The first-order valence-corrected chi connectivity index (χ1v) is 11.6. The van der Waals surface area contributed by atoms with Gasteiger partial charge in [0.2, 0.25) is 0 Å². The first-order valence-electron chi connectivity index (χ1n) is 11.6. The molecule has 0 aliphatic carbocycles. The molecule has 2 amide bonds. The summed E-state index contributed by atoms with van der Waals surface area (Å²) in [6.07, 6.45) is -4.39. The van der Waals surface area contributed by atoms with E-state index in [2.05, 4.69) is 0 Å². The van der Waals surface area contributed by atoms with Gasteiger partial charge in [0.1, 0.15) is 5.75 Å². The van der Waals surface area contributed by atoms with Crippen molar-refractivity contribution < 1.29 is 27.5 Å². The minimum absolute atomic E-state index is 0.0138. The largest absolute Gasteiger partial charge is 0.482 e. The van der Waals surface area contributed by atoms with Gasteiger partial charge in [0.05, 0.1) is 17.8 Å². The molecule has 1 fully saturated rings. The lowest BCUT2D eigenvalue weighted by Gasteiger charge is -2.36. The molecule has 0 aromatic heterocycles. The first-order chi connectivity index (χ1) is 17.3. The van der Waals surface area contributed by atoms with E-state index in [1.54, 1.807) is 28.0 Å². The molecule has 0 unspecified atom stereocenters. The zero-order chi connectivity index (χ0) is 25.3. The van der Waals surface area contributed by atoms with Crippen LogP contribution in [0, 0.1) is 0 Å². The van der Waals surface area contributed by atoms with E-state index >= 15 is 0 Å². The lowest BCUT2D eigenvalue weighted by Crippen LogP contribution is -2.48. The lowest BCUT2D eigenvalue weighted by atomic mass is 10.1. The molecule has 186 valence electrons. The summed E-state index contributed by atoms with van der Waals surface area (Å²) in [6.45, 7) is 2.07. The summed E-state index contributed by atoms with van der Waals surface area (Å²) in [6, 6.07) is 19.8. The predicted molar refractivity (Wildman–Crippen MR) is 129 cm³/mol. The quantitative estimate of drug-likeness (QED) is 0.531. The maximum absolute atomic E-state index is 13.0.